The molecule has 0 bridgehead atoms. The van der Waals surface area contributed by atoms with E-state index in [1.807, 2.05) is 0 Å². The average molecular weight is 452 g/mol. The molecule has 30 heavy (non-hydrogen) atoms. The van der Waals surface area contributed by atoms with Crippen LogP contribution in [0.4, 0.5) is 13.2 Å². The second-order valence-corrected chi connectivity index (χ2v) is 8.84. The molecule has 2 aromatic rings. The number of halogens is 3. The van der Waals surface area contributed by atoms with Crippen molar-refractivity contribution >= 4 is 21.6 Å². The fourth-order valence-electron chi connectivity index (χ4n) is 2.91. The van der Waals surface area contributed by atoms with Crippen molar-refractivity contribution in [3.8, 4) is 0 Å². The minimum atomic E-state index is -4.43. The molecule has 0 aliphatic carbocycles. The quantitative estimate of drug-likeness (QED) is 0.420. The summed E-state index contributed by atoms with van der Waals surface area (Å²) in [7, 11) is 0. The number of aliphatic hydroxyl groups is 1. The van der Waals surface area contributed by atoms with Gasteiger partial charge in [-0.05, 0) is 40.2 Å². The SMILES string of the molecule is CCn1c(=O)c2c(C)c(CNNC(O)OC(C)(C)C)sc2n(CCC(F)(F)F)c1=O. The number of aromatic nitrogens is 2. The summed E-state index contributed by atoms with van der Waals surface area (Å²) in [5.41, 5.74) is 4.04. The molecule has 0 saturated carbocycles. The Hall–Kier alpha value is -1.73. The zero-order valence-corrected chi connectivity index (χ0v) is 18.3. The maximum Gasteiger partial charge on any atom is 0.390 e. The normalized spacial score (nSPS) is 13.9. The van der Waals surface area contributed by atoms with Gasteiger partial charge in [0.1, 0.15) is 4.83 Å². The summed E-state index contributed by atoms with van der Waals surface area (Å²) in [6.45, 7) is 8.23. The number of hydrogen-bond acceptors (Lipinski definition) is 7. The number of hydrogen-bond donors (Lipinski definition) is 3. The molecule has 0 aliphatic rings. The summed E-state index contributed by atoms with van der Waals surface area (Å²) in [6, 6.07) is 0. The second kappa shape index (κ2) is 9.18. The molecule has 2 heterocycles. The van der Waals surface area contributed by atoms with Crippen molar-refractivity contribution in [1.82, 2.24) is 20.0 Å². The lowest BCUT2D eigenvalue weighted by Crippen LogP contribution is -2.45. The molecule has 2 rings (SSSR count). The summed E-state index contributed by atoms with van der Waals surface area (Å²) in [6.07, 6.45) is -6.89. The third kappa shape index (κ3) is 5.91. The largest absolute Gasteiger partial charge is 0.390 e. The van der Waals surface area contributed by atoms with E-state index in [4.69, 9.17) is 4.74 Å². The molecule has 3 N–H and O–H groups in total. The summed E-state index contributed by atoms with van der Waals surface area (Å²) in [4.78, 5) is 26.2. The molecule has 0 fully saturated rings. The maximum absolute atomic E-state index is 12.7. The lowest BCUT2D eigenvalue weighted by Gasteiger charge is -2.24. The predicted octanol–water partition coefficient (Wildman–Crippen LogP) is 2.19. The molecular formula is C18H27F3N4O4S. The number of ether oxygens (including phenoxy) is 1. The molecule has 12 heteroatoms. The van der Waals surface area contributed by atoms with Crippen molar-refractivity contribution in [3.63, 3.8) is 0 Å². The van der Waals surface area contributed by atoms with E-state index < -0.39 is 42.4 Å². The predicted molar refractivity (Wildman–Crippen MR) is 108 cm³/mol. The lowest BCUT2D eigenvalue weighted by molar-refractivity contribution is -0.187. The summed E-state index contributed by atoms with van der Waals surface area (Å²) >= 11 is 1.07. The third-order valence-corrected chi connectivity index (χ3v) is 5.58. The van der Waals surface area contributed by atoms with Crippen LogP contribution in [0.1, 0.15) is 44.6 Å². The van der Waals surface area contributed by atoms with E-state index in [2.05, 4.69) is 10.9 Å². The van der Waals surface area contributed by atoms with Crippen molar-refractivity contribution < 1.29 is 23.0 Å². The van der Waals surface area contributed by atoms with Crippen LogP contribution in [0.2, 0.25) is 0 Å². The van der Waals surface area contributed by atoms with Crippen LogP contribution in [-0.4, -0.2) is 32.4 Å². The van der Waals surface area contributed by atoms with Crippen LogP contribution in [0.5, 0.6) is 0 Å². The molecule has 0 saturated heterocycles. The van der Waals surface area contributed by atoms with Crippen LogP contribution in [0.15, 0.2) is 9.59 Å². The molecule has 0 amide bonds. The summed E-state index contributed by atoms with van der Waals surface area (Å²) in [5.74, 6) is 0. The highest BCUT2D eigenvalue weighted by atomic mass is 32.1. The second-order valence-electron chi connectivity index (χ2n) is 7.76. The van der Waals surface area contributed by atoms with Crippen LogP contribution < -0.4 is 22.1 Å². The van der Waals surface area contributed by atoms with E-state index >= 15 is 0 Å². The van der Waals surface area contributed by atoms with Gasteiger partial charge < -0.3 is 9.84 Å². The van der Waals surface area contributed by atoms with E-state index in [0.29, 0.717) is 10.4 Å². The maximum atomic E-state index is 12.7. The van der Waals surface area contributed by atoms with E-state index in [0.717, 1.165) is 20.5 Å². The molecule has 8 nitrogen and oxygen atoms in total. The zero-order chi connectivity index (χ0) is 22.9. The smallest absolute Gasteiger partial charge is 0.355 e. The number of hydrazine groups is 1. The van der Waals surface area contributed by atoms with E-state index in [1.54, 1.807) is 34.6 Å². The topological polar surface area (TPSA) is 97.5 Å². The van der Waals surface area contributed by atoms with Gasteiger partial charge in [0, 0.05) is 24.5 Å². The molecule has 0 aromatic carbocycles. The Morgan fingerprint density at radius 1 is 1.20 bits per heavy atom. The number of nitrogens with zero attached hydrogens (tertiary/aromatic N) is 2. The highest BCUT2D eigenvalue weighted by Crippen LogP contribution is 2.29. The molecular weight excluding hydrogens is 425 g/mol. The van der Waals surface area contributed by atoms with Gasteiger partial charge in [-0.2, -0.15) is 13.2 Å². The molecule has 1 atom stereocenters. The monoisotopic (exact) mass is 452 g/mol. The number of fused-ring (bicyclic) bond motifs is 1. The molecule has 170 valence electrons. The molecule has 0 aliphatic heterocycles. The van der Waals surface area contributed by atoms with Gasteiger partial charge in [-0.3, -0.25) is 13.9 Å². The third-order valence-electron chi connectivity index (χ3n) is 4.27. The fourth-order valence-corrected chi connectivity index (χ4v) is 4.16. The van der Waals surface area contributed by atoms with Gasteiger partial charge in [-0.15, -0.1) is 11.3 Å². The van der Waals surface area contributed by atoms with Crippen LogP contribution in [0.25, 0.3) is 10.2 Å². The van der Waals surface area contributed by atoms with Crippen LogP contribution >= 0.6 is 11.3 Å². The first-order valence-electron chi connectivity index (χ1n) is 9.41. The zero-order valence-electron chi connectivity index (χ0n) is 17.5. The minimum absolute atomic E-state index is 0.0559. The first kappa shape index (κ1) is 24.5. The first-order valence-corrected chi connectivity index (χ1v) is 10.2. The fraction of sp³-hybridized carbons (Fsp3) is 0.667. The van der Waals surface area contributed by atoms with Crippen LogP contribution in [0, 0.1) is 6.92 Å². The van der Waals surface area contributed by atoms with Gasteiger partial charge in [-0.25, -0.2) is 15.6 Å². The first-order chi connectivity index (χ1) is 13.7. The molecule has 0 spiro atoms. The van der Waals surface area contributed by atoms with Crippen molar-refractivity contribution in [3.05, 3.63) is 31.3 Å². The number of thiophene rings is 1. The Balaban J connectivity index is 2.37. The Morgan fingerprint density at radius 2 is 1.83 bits per heavy atom. The van der Waals surface area contributed by atoms with Gasteiger partial charge >= 0.3 is 11.9 Å². The van der Waals surface area contributed by atoms with Crippen molar-refractivity contribution in [2.24, 2.45) is 0 Å². The van der Waals surface area contributed by atoms with Gasteiger partial charge in [0.15, 0.2) is 0 Å². The van der Waals surface area contributed by atoms with Gasteiger partial charge in [-0.1, -0.05) is 0 Å². The Labute approximate surface area is 175 Å². The van der Waals surface area contributed by atoms with Gasteiger partial charge in [0.2, 0.25) is 6.41 Å². The van der Waals surface area contributed by atoms with Gasteiger partial charge in [0.25, 0.3) is 5.56 Å². The van der Waals surface area contributed by atoms with Crippen LogP contribution in [-0.2, 0) is 24.4 Å². The summed E-state index contributed by atoms with van der Waals surface area (Å²) < 4.78 is 45.5. The number of aliphatic hydroxyl groups excluding tert-OH is 1. The van der Waals surface area contributed by atoms with Crippen molar-refractivity contribution in [2.45, 2.75) is 78.9 Å². The number of aryl methyl sites for hydroxylation is 2. The Morgan fingerprint density at radius 3 is 2.37 bits per heavy atom. The Bertz CT molecular complexity index is 1000. The van der Waals surface area contributed by atoms with Crippen molar-refractivity contribution in [1.29, 1.82) is 0 Å². The van der Waals surface area contributed by atoms with E-state index in [1.165, 1.54) is 0 Å². The van der Waals surface area contributed by atoms with E-state index in [-0.39, 0.29) is 23.3 Å². The number of nitrogens with one attached hydrogen (secondary N) is 2. The molecule has 2 aromatic heterocycles. The van der Waals surface area contributed by atoms with E-state index in [9.17, 15) is 27.9 Å². The number of rotatable bonds is 8. The molecule has 1 unspecified atom stereocenters. The highest BCUT2D eigenvalue weighted by Gasteiger charge is 2.28. The summed E-state index contributed by atoms with van der Waals surface area (Å²) in [5, 5.41) is 10.0. The van der Waals surface area contributed by atoms with Crippen LogP contribution in [0.3, 0.4) is 0 Å². The Kier molecular flexibility index (Phi) is 7.51. The number of alkyl halides is 3. The van der Waals surface area contributed by atoms with Crippen molar-refractivity contribution in [2.75, 3.05) is 0 Å². The van der Waals surface area contributed by atoms with Gasteiger partial charge in [0.05, 0.1) is 17.4 Å². The molecule has 0 radical (unpaired) electrons. The lowest BCUT2D eigenvalue weighted by atomic mass is 10.2. The standard InChI is InChI=1S/C18H27F3N4O4S/c1-6-24-13(26)12-10(2)11(9-22-23-15(27)29-17(3,4)5)30-14(12)25(16(24)28)8-7-18(19,20)21/h15,22-23,27H,6-9H2,1-5H3. The highest BCUT2D eigenvalue weighted by molar-refractivity contribution is 7.18. The average Bonchev–Trinajstić information content (AvgIpc) is 2.89. The minimum Gasteiger partial charge on any atom is -0.355 e.